The van der Waals surface area contributed by atoms with Gasteiger partial charge in [-0.1, -0.05) is 18.2 Å². The first-order chi connectivity index (χ1) is 12.5. The van der Waals surface area contributed by atoms with Gasteiger partial charge in [-0.2, -0.15) is 0 Å². The summed E-state index contributed by atoms with van der Waals surface area (Å²) in [5.41, 5.74) is 8.01. The summed E-state index contributed by atoms with van der Waals surface area (Å²) < 4.78 is 1.03. The van der Waals surface area contributed by atoms with Crippen molar-refractivity contribution in [3.8, 4) is 0 Å². The number of piperidine rings is 1. The molecule has 5 nitrogen and oxygen atoms in total. The van der Waals surface area contributed by atoms with E-state index >= 15 is 0 Å². The van der Waals surface area contributed by atoms with Gasteiger partial charge in [-0.25, -0.2) is 0 Å². The number of nitrogens with two attached hydrogens (primary N) is 1. The molecule has 0 saturated carbocycles. The zero-order valence-electron chi connectivity index (χ0n) is 14.5. The maximum atomic E-state index is 12.3. The van der Waals surface area contributed by atoms with Crippen LogP contribution in [0.15, 0.2) is 48.5 Å². The molecule has 3 N–H and O–H groups in total. The number of hydrogen-bond donors (Lipinski definition) is 2. The fraction of sp³-hybridized carbons (Fsp3) is 0.300. The molecule has 1 saturated heterocycles. The van der Waals surface area contributed by atoms with E-state index in [-0.39, 0.29) is 17.7 Å². The van der Waals surface area contributed by atoms with Crippen molar-refractivity contribution in [1.29, 1.82) is 0 Å². The minimum absolute atomic E-state index is 0.0454. The Labute approximate surface area is 167 Å². The highest BCUT2D eigenvalue weighted by atomic mass is 127. The van der Waals surface area contributed by atoms with Crippen LogP contribution in [0.5, 0.6) is 0 Å². The summed E-state index contributed by atoms with van der Waals surface area (Å²) in [6.07, 6.45) is 1.88. The van der Waals surface area contributed by atoms with Crippen molar-refractivity contribution < 1.29 is 9.59 Å². The van der Waals surface area contributed by atoms with Crippen molar-refractivity contribution in [3.05, 3.63) is 63.2 Å². The van der Waals surface area contributed by atoms with E-state index in [0.29, 0.717) is 5.56 Å². The highest BCUT2D eigenvalue weighted by molar-refractivity contribution is 14.1. The Bertz CT molecular complexity index is 792. The normalized spacial score (nSPS) is 17.7. The number of benzene rings is 2. The van der Waals surface area contributed by atoms with E-state index in [9.17, 15) is 9.59 Å². The van der Waals surface area contributed by atoms with Crippen molar-refractivity contribution >= 4 is 40.1 Å². The molecule has 3 rings (SSSR count). The molecule has 1 aliphatic heterocycles. The first-order valence-corrected chi connectivity index (χ1v) is 9.76. The van der Waals surface area contributed by atoms with Gasteiger partial charge in [-0.3, -0.25) is 14.5 Å². The molecule has 0 aromatic heterocycles. The summed E-state index contributed by atoms with van der Waals surface area (Å²) >= 11 is 2.19. The first-order valence-electron chi connectivity index (χ1n) is 8.69. The third-order valence-electron chi connectivity index (χ3n) is 4.61. The van der Waals surface area contributed by atoms with Crippen molar-refractivity contribution in [2.75, 3.05) is 18.4 Å². The molecule has 0 spiro atoms. The number of nitrogens with one attached hydrogen (secondary N) is 1. The zero-order valence-corrected chi connectivity index (χ0v) is 16.6. The molecule has 0 radical (unpaired) electrons. The predicted octanol–water partition coefficient (Wildman–Crippen LogP) is 3.24. The molecule has 1 atom stereocenters. The molecule has 136 valence electrons. The highest BCUT2D eigenvalue weighted by Gasteiger charge is 2.23. The molecular formula is C20H22IN3O2. The van der Waals surface area contributed by atoms with E-state index in [1.807, 2.05) is 42.5 Å². The van der Waals surface area contributed by atoms with Gasteiger partial charge in [0.15, 0.2) is 0 Å². The zero-order chi connectivity index (χ0) is 18.5. The monoisotopic (exact) mass is 463 g/mol. The maximum absolute atomic E-state index is 12.3. The fourth-order valence-corrected chi connectivity index (χ4v) is 3.76. The molecule has 1 aliphatic rings. The average Bonchev–Trinajstić information content (AvgIpc) is 2.63. The Balaban J connectivity index is 1.58. The molecule has 1 unspecified atom stereocenters. The van der Waals surface area contributed by atoms with Gasteiger partial charge in [-0.15, -0.1) is 0 Å². The van der Waals surface area contributed by atoms with Crippen LogP contribution < -0.4 is 11.1 Å². The largest absolute Gasteiger partial charge is 0.369 e. The first kappa shape index (κ1) is 18.8. The van der Waals surface area contributed by atoms with Crippen LogP contribution in [0.4, 0.5) is 5.69 Å². The lowest BCUT2D eigenvalue weighted by Crippen LogP contribution is -2.40. The van der Waals surface area contributed by atoms with Crippen molar-refractivity contribution in [3.63, 3.8) is 0 Å². The Morgan fingerprint density at radius 3 is 2.65 bits per heavy atom. The number of amides is 2. The molecule has 6 heteroatoms. The number of hydrogen-bond acceptors (Lipinski definition) is 3. The van der Waals surface area contributed by atoms with Crippen LogP contribution in [0.1, 0.15) is 28.8 Å². The molecular weight excluding hydrogens is 441 g/mol. The topological polar surface area (TPSA) is 75.4 Å². The standard InChI is InChI=1S/C20H22IN3O2/c21-17-5-1-3-15(11-17)20(26)23-18-8-6-14(7-9-18)12-24-10-2-4-16(13-24)19(22)25/h1,3,5-9,11,16H,2,4,10,12-13H2,(H2,22,25)(H,23,26). The predicted molar refractivity (Wildman–Crippen MR) is 111 cm³/mol. The number of nitrogens with zero attached hydrogens (tertiary/aromatic N) is 1. The second kappa shape index (κ2) is 8.64. The van der Waals surface area contributed by atoms with Gasteiger partial charge in [-0.05, 0) is 77.9 Å². The van der Waals surface area contributed by atoms with Crippen LogP contribution in [0.2, 0.25) is 0 Å². The number of carbonyl (C=O) groups is 2. The molecule has 26 heavy (non-hydrogen) atoms. The van der Waals surface area contributed by atoms with E-state index in [0.717, 1.165) is 47.3 Å². The van der Waals surface area contributed by atoms with Crippen molar-refractivity contribution in [2.45, 2.75) is 19.4 Å². The van der Waals surface area contributed by atoms with Crippen LogP contribution in [0, 0.1) is 9.49 Å². The van der Waals surface area contributed by atoms with Crippen molar-refractivity contribution in [2.24, 2.45) is 11.7 Å². The van der Waals surface area contributed by atoms with Gasteiger partial charge in [0.05, 0.1) is 5.92 Å². The third kappa shape index (κ3) is 5.04. The SMILES string of the molecule is NC(=O)C1CCCN(Cc2ccc(NC(=O)c3cccc(I)c3)cc2)C1. The smallest absolute Gasteiger partial charge is 0.255 e. The third-order valence-corrected chi connectivity index (χ3v) is 5.28. The summed E-state index contributed by atoms with van der Waals surface area (Å²) in [4.78, 5) is 26.0. The number of likely N-dealkylation sites (tertiary alicyclic amines) is 1. The number of primary amides is 1. The summed E-state index contributed by atoms with van der Waals surface area (Å²) in [6.45, 7) is 2.49. The number of anilines is 1. The highest BCUT2D eigenvalue weighted by Crippen LogP contribution is 2.19. The van der Waals surface area contributed by atoms with Crippen LogP contribution >= 0.6 is 22.6 Å². The van der Waals surface area contributed by atoms with Gasteiger partial charge in [0.25, 0.3) is 5.91 Å². The maximum Gasteiger partial charge on any atom is 0.255 e. The summed E-state index contributed by atoms with van der Waals surface area (Å²) in [5, 5.41) is 2.92. The molecule has 1 heterocycles. The Kier molecular flexibility index (Phi) is 6.26. The van der Waals surface area contributed by atoms with E-state index in [1.165, 1.54) is 0 Å². The molecule has 2 aromatic rings. The average molecular weight is 463 g/mol. The van der Waals surface area contributed by atoms with Crippen LogP contribution in [0.3, 0.4) is 0 Å². The van der Waals surface area contributed by atoms with Gasteiger partial charge >= 0.3 is 0 Å². The second-order valence-electron chi connectivity index (χ2n) is 6.64. The minimum Gasteiger partial charge on any atom is -0.369 e. The Morgan fingerprint density at radius 1 is 1.19 bits per heavy atom. The van der Waals surface area contributed by atoms with Gasteiger partial charge < -0.3 is 11.1 Å². The lowest BCUT2D eigenvalue weighted by atomic mass is 9.97. The van der Waals surface area contributed by atoms with Gasteiger partial charge in [0.2, 0.25) is 5.91 Å². The molecule has 1 fully saturated rings. The number of rotatable bonds is 5. The lowest BCUT2D eigenvalue weighted by molar-refractivity contribution is -0.123. The summed E-state index contributed by atoms with van der Waals surface area (Å²) in [7, 11) is 0. The minimum atomic E-state index is -0.205. The Hall–Kier alpha value is -1.93. The summed E-state index contributed by atoms with van der Waals surface area (Å²) in [5.74, 6) is -0.365. The van der Waals surface area contributed by atoms with E-state index in [1.54, 1.807) is 6.07 Å². The van der Waals surface area contributed by atoms with Gasteiger partial charge in [0.1, 0.15) is 0 Å². The molecule has 2 amide bonds. The number of halogens is 1. The molecule has 0 bridgehead atoms. The second-order valence-corrected chi connectivity index (χ2v) is 7.88. The molecule has 0 aliphatic carbocycles. The van der Waals surface area contributed by atoms with Crippen LogP contribution in [-0.4, -0.2) is 29.8 Å². The fourth-order valence-electron chi connectivity index (χ4n) is 3.22. The van der Waals surface area contributed by atoms with E-state index < -0.39 is 0 Å². The van der Waals surface area contributed by atoms with E-state index in [4.69, 9.17) is 5.73 Å². The van der Waals surface area contributed by atoms with Crippen LogP contribution in [-0.2, 0) is 11.3 Å². The van der Waals surface area contributed by atoms with E-state index in [2.05, 4.69) is 32.8 Å². The Morgan fingerprint density at radius 2 is 1.96 bits per heavy atom. The lowest BCUT2D eigenvalue weighted by Gasteiger charge is -2.31. The van der Waals surface area contributed by atoms with Crippen LogP contribution in [0.25, 0.3) is 0 Å². The van der Waals surface area contributed by atoms with Gasteiger partial charge in [0, 0.05) is 27.9 Å². The number of carbonyl (C=O) groups excluding carboxylic acids is 2. The van der Waals surface area contributed by atoms with Crippen molar-refractivity contribution in [1.82, 2.24) is 4.90 Å². The summed E-state index contributed by atoms with van der Waals surface area (Å²) in [6, 6.07) is 15.3. The molecule has 2 aromatic carbocycles. The quantitative estimate of drug-likeness (QED) is 0.669.